The largest absolute Gasteiger partial charge is 0.490 e. The van der Waals surface area contributed by atoms with Gasteiger partial charge in [0.2, 0.25) is 0 Å². The molecule has 5 nitrogen and oxygen atoms in total. The van der Waals surface area contributed by atoms with Gasteiger partial charge in [0.05, 0.1) is 11.6 Å². The summed E-state index contributed by atoms with van der Waals surface area (Å²) in [5.41, 5.74) is -1.02. The lowest BCUT2D eigenvalue weighted by Gasteiger charge is -2.20. The summed E-state index contributed by atoms with van der Waals surface area (Å²) in [6, 6.07) is 8.12. The maximum atomic E-state index is 12.6. The van der Waals surface area contributed by atoms with Crippen LogP contribution in [0.2, 0.25) is 10.0 Å². The molecule has 1 aliphatic rings. The SMILES string of the molecule is CC1(c2cccs2)NC(=O)N(CCOc2ccc(Cl)cc2Cl)C1=O. The molecule has 3 rings (SSSR count). The van der Waals surface area contributed by atoms with Gasteiger partial charge in [-0.25, -0.2) is 4.79 Å². The van der Waals surface area contributed by atoms with E-state index in [1.807, 2.05) is 17.5 Å². The fourth-order valence-corrected chi connectivity index (χ4v) is 3.77. The predicted molar refractivity (Wildman–Crippen MR) is 93.9 cm³/mol. The van der Waals surface area contributed by atoms with Gasteiger partial charge in [0.1, 0.15) is 12.4 Å². The highest BCUT2D eigenvalue weighted by Crippen LogP contribution is 2.32. The Balaban J connectivity index is 1.65. The van der Waals surface area contributed by atoms with Gasteiger partial charge < -0.3 is 10.1 Å². The van der Waals surface area contributed by atoms with Crippen molar-refractivity contribution in [3.63, 3.8) is 0 Å². The Morgan fingerprint density at radius 1 is 1.29 bits per heavy atom. The number of benzene rings is 1. The maximum absolute atomic E-state index is 12.6. The van der Waals surface area contributed by atoms with Crippen LogP contribution in [0.5, 0.6) is 5.75 Å². The number of halogens is 2. The fourth-order valence-electron chi connectivity index (χ4n) is 2.47. The number of imide groups is 1. The number of carbonyl (C=O) groups excluding carboxylic acids is 2. The van der Waals surface area contributed by atoms with E-state index in [1.165, 1.54) is 11.3 Å². The zero-order chi connectivity index (χ0) is 17.3. The number of hydrogen-bond donors (Lipinski definition) is 1. The number of ether oxygens (including phenoxy) is 1. The maximum Gasteiger partial charge on any atom is 0.325 e. The van der Waals surface area contributed by atoms with E-state index in [9.17, 15) is 9.59 Å². The van der Waals surface area contributed by atoms with Crippen molar-refractivity contribution < 1.29 is 14.3 Å². The highest BCUT2D eigenvalue weighted by Gasteiger charge is 2.49. The summed E-state index contributed by atoms with van der Waals surface area (Å²) >= 11 is 13.3. The van der Waals surface area contributed by atoms with Crippen LogP contribution in [0.25, 0.3) is 0 Å². The van der Waals surface area contributed by atoms with Gasteiger partial charge in [-0.15, -0.1) is 11.3 Å². The predicted octanol–water partition coefficient (Wildman–Crippen LogP) is 3.90. The molecule has 1 aromatic heterocycles. The van der Waals surface area contributed by atoms with Gasteiger partial charge in [0.15, 0.2) is 5.54 Å². The second-order valence-corrected chi connectivity index (χ2v) is 7.20. The molecule has 0 aliphatic carbocycles. The van der Waals surface area contributed by atoms with Crippen LogP contribution < -0.4 is 10.1 Å². The number of amides is 3. The van der Waals surface area contributed by atoms with Gasteiger partial charge in [-0.1, -0.05) is 29.3 Å². The molecule has 1 atom stereocenters. The molecule has 0 saturated carbocycles. The summed E-state index contributed by atoms with van der Waals surface area (Å²) in [5.74, 6) is 0.162. The number of nitrogens with zero attached hydrogens (tertiary/aromatic N) is 1. The molecule has 1 aliphatic heterocycles. The summed E-state index contributed by atoms with van der Waals surface area (Å²) in [4.78, 5) is 26.7. The Morgan fingerprint density at radius 3 is 2.75 bits per heavy atom. The normalized spacial score (nSPS) is 20.4. The van der Waals surface area contributed by atoms with Crippen molar-refractivity contribution in [1.29, 1.82) is 0 Å². The smallest absolute Gasteiger partial charge is 0.325 e. The second kappa shape index (κ2) is 6.63. The minimum atomic E-state index is -1.02. The molecule has 1 aromatic carbocycles. The monoisotopic (exact) mass is 384 g/mol. The average molecular weight is 385 g/mol. The van der Waals surface area contributed by atoms with E-state index >= 15 is 0 Å². The molecule has 0 radical (unpaired) electrons. The molecular weight excluding hydrogens is 371 g/mol. The molecule has 126 valence electrons. The van der Waals surface area contributed by atoms with Crippen LogP contribution in [-0.4, -0.2) is 30.0 Å². The first-order chi connectivity index (χ1) is 11.4. The first-order valence-electron chi connectivity index (χ1n) is 7.18. The second-order valence-electron chi connectivity index (χ2n) is 5.41. The third-order valence-corrected chi connectivity index (χ3v) is 5.38. The van der Waals surface area contributed by atoms with E-state index in [-0.39, 0.29) is 19.1 Å². The molecule has 0 bridgehead atoms. The zero-order valence-electron chi connectivity index (χ0n) is 12.7. The number of urea groups is 1. The summed E-state index contributed by atoms with van der Waals surface area (Å²) in [6.45, 7) is 1.97. The summed E-state index contributed by atoms with van der Waals surface area (Å²) < 4.78 is 5.55. The number of carbonyl (C=O) groups is 2. The van der Waals surface area contributed by atoms with Crippen LogP contribution in [-0.2, 0) is 10.3 Å². The van der Waals surface area contributed by atoms with Crippen molar-refractivity contribution in [1.82, 2.24) is 10.2 Å². The quantitative estimate of drug-likeness (QED) is 0.795. The van der Waals surface area contributed by atoms with E-state index in [0.29, 0.717) is 15.8 Å². The van der Waals surface area contributed by atoms with Gasteiger partial charge in [-0.3, -0.25) is 9.69 Å². The van der Waals surface area contributed by atoms with Gasteiger partial charge >= 0.3 is 6.03 Å². The van der Waals surface area contributed by atoms with Crippen molar-refractivity contribution in [3.8, 4) is 5.75 Å². The number of rotatable bonds is 5. The number of thiophene rings is 1. The first kappa shape index (κ1) is 17.1. The van der Waals surface area contributed by atoms with Gasteiger partial charge in [-0.2, -0.15) is 0 Å². The standard InChI is InChI=1S/C16H14Cl2N2O3S/c1-16(13-3-2-8-24-13)14(21)20(15(22)19-16)6-7-23-12-5-4-10(17)9-11(12)18/h2-5,8-9H,6-7H2,1H3,(H,19,22). The van der Waals surface area contributed by atoms with Crippen LogP contribution in [0, 0.1) is 0 Å². The van der Waals surface area contributed by atoms with Gasteiger partial charge in [0.25, 0.3) is 5.91 Å². The highest BCUT2D eigenvalue weighted by atomic mass is 35.5. The minimum absolute atomic E-state index is 0.130. The first-order valence-corrected chi connectivity index (χ1v) is 8.81. The third kappa shape index (κ3) is 3.09. The number of nitrogens with one attached hydrogen (secondary N) is 1. The van der Waals surface area contributed by atoms with E-state index in [1.54, 1.807) is 25.1 Å². The molecule has 2 aromatic rings. The minimum Gasteiger partial charge on any atom is -0.490 e. The molecule has 0 spiro atoms. The molecular formula is C16H14Cl2N2O3S. The Hall–Kier alpha value is -1.76. The van der Waals surface area contributed by atoms with Gasteiger partial charge in [-0.05, 0) is 36.6 Å². The summed E-state index contributed by atoms with van der Waals surface area (Å²) in [5, 5.41) is 5.50. The van der Waals surface area contributed by atoms with Gasteiger partial charge in [0, 0.05) is 9.90 Å². The fraction of sp³-hybridized carbons (Fsp3) is 0.250. The molecule has 1 fully saturated rings. The Bertz CT molecular complexity index is 782. The van der Waals surface area contributed by atoms with Crippen LogP contribution in [0.3, 0.4) is 0 Å². The van der Waals surface area contributed by atoms with Crippen LogP contribution in [0.4, 0.5) is 4.79 Å². The van der Waals surface area contributed by atoms with Crippen molar-refractivity contribution in [2.75, 3.05) is 13.2 Å². The zero-order valence-corrected chi connectivity index (χ0v) is 15.0. The molecule has 1 unspecified atom stereocenters. The Morgan fingerprint density at radius 2 is 2.08 bits per heavy atom. The molecule has 1 N–H and O–H groups in total. The molecule has 8 heteroatoms. The Kier molecular flexibility index (Phi) is 4.71. The van der Waals surface area contributed by atoms with Crippen LogP contribution >= 0.6 is 34.5 Å². The van der Waals surface area contributed by atoms with Crippen molar-refractivity contribution in [2.24, 2.45) is 0 Å². The molecule has 2 heterocycles. The van der Waals surface area contributed by atoms with Crippen LogP contribution in [0.15, 0.2) is 35.7 Å². The lowest BCUT2D eigenvalue weighted by atomic mass is 10.0. The van der Waals surface area contributed by atoms with Crippen molar-refractivity contribution in [3.05, 3.63) is 50.6 Å². The topological polar surface area (TPSA) is 58.6 Å². The van der Waals surface area contributed by atoms with Crippen LogP contribution in [0.1, 0.15) is 11.8 Å². The average Bonchev–Trinajstić information content (AvgIpc) is 3.13. The third-order valence-electron chi connectivity index (χ3n) is 3.76. The molecule has 1 saturated heterocycles. The lowest BCUT2D eigenvalue weighted by Crippen LogP contribution is -2.40. The highest BCUT2D eigenvalue weighted by molar-refractivity contribution is 7.10. The molecule has 3 amide bonds. The molecule has 24 heavy (non-hydrogen) atoms. The van der Waals surface area contributed by atoms with E-state index < -0.39 is 11.6 Å². The van der Waals surface area contributed by atoms with E-state index in [2.05, 4.69) is 5.32 Å². The lowest BCUT2D eigenvalue weighted by molar-refractivity contribution is -0.131. The van der Waals surface area contributed by atoms with Crippen molar-refractivity contribution in [2.45, 2.75) is 12.5 Å². The Labute approximate surface area is 153 Å². The number of hydrogen-bond acceptors (Lipinski definition) is 4. The van der Waals surface area contributed by atoms with E-state index in [4.69, 9.17) is 27.9 Å². The summed E-state index contributed by atoms with van der Waals surface area (Å²) in [6.07, 6.45) is 0. The van der Waals surface area contributed by atoms with Crippen molar-refractivity contribution >= 4 is 46.5 Å². The summed E-state index contributed by atoms with van der Waals surface area (Å²) in [7, 11) is 0. The van der Waals surface area contributed by atoms with E-state index in [0.717, 1.165) is 9.78 Å².